The first-order valence-electron chi connectivity index (χ1n) is 10.6. The molecule has 168 valence electrons. The molecule has 2 amide bonds. The van der Waals surface area contributed by atoms with E-state index < -0.39 is 0 Å². The lowest BCUT2D eigenvalue weighted by atomic mass is 10.1. The maximum atomic E-state index is 12.8. The Labute approximate surface area is 190 Å². The van der Waals surface area contributed by atoms with Gasteiger partial charge in [0.05, 0.1) is 16.8 Å². The van der Waals surface area contributed by atoms with Crippen LogP contribution in [0.2, 0.25) is 0 Å². The lowest BCUT2D eigenvalue weighted by Crippen LogP contribution is -2.47. The third-order valence-electron chi connectivity index (χ3n) is 5.18. The summed E-state index contributed by atoms with van der Waals surface area (Å²) in [7, 11) is 2.06. The molecule has 8 nitrogen and oxygen atoms in total. The van der Waals surface area contributed by atoms with E-state index in [1.165, 1.54) is 11.3 Å². The summed E-state index contributed by atoms with van der Waals surface area (Å²) in [6, 6.07) is 12.7. The zero-order valence-corrected chi connectivity index (χ0v) is 19.0. The maximum absolute atomic E-state index is 12.8. The molecule has 32 heavy (non-hydrogen) atoms. The Morgan fingerprint density at radius 2 is 1.78 bits per heavy atom. The van der Waals surface area contributed by atoms with Crippen molar-refractivity contribution in [2.24, 2.45) is 0 Å². The van der Waals surface area contributed by atoms with Gasteiger partial charge < -0.3 is 19.3 Å². The van der Waals surface area contributed by atoms with Gasteiger partial charge >= 0.3 is 0 Å². The minimum atomic E-state index is -0.316. The summed E-state index contributed by atoms with van der Waals surface area (Å²) >= 11 is 1.33. The standard InChI is InChI=1S/C23H26N4O4S/c1-3-30-18-6-4-5-7-19(18)31-15-21(28)25-23-24-17-9-8-16(14-20(17)32-23)22(29)27-12-10-26(2)11-13-27/h4-9,14H,3,10-13,15H2,1-2H3,(H,24,25,28). The fourth-order valence-electron chi connectivity index (χ4n) is 3.45. The zero-order chi connectivity index (χ0) is 22.5. The van der Waals surface area contributed by atoms with Crippen molar-refractivity contribution in [3.05, 3.63) is 48.0 Å². The van der Waals surface area contributed by atoms with E-state index in [1.807, 2.05) is 36.1 Å². The molecule has 0 saturated carbocycles. The van der Waals surface area contributed by atoms with Gasteiger partial charge in [-0.2, -0.15) is 0 Å². The molecular weight excluding hydrogens is 428 g/mol. The molecule has 9 heteroatoms. The number of piperazine rings is 1. The number of hydrogen-bond acceptors (Lipinski definition) is 7. The van der Waals surface area contributed by atoms with Gasteiger partial charge in [0.2, 0.25) is 0 Å². The summed E-state index contributed by atoms with van der Waals surface area (Å²) in [5, 5.41) is 3.24. The maximum Gasteiger partial charge on any atom is 0.264 e. The van der Waals surface area contributed by atoms with Gasteiger partial charge in [-0.1, -0.05) is 23.5 Å². The second kappa shape index (κ2) is 9.97. The first-order chi connectivity index (χ1) is 15.5. The lowest BCUT2D eigenvalue weighted by Gasteiger charge is -2.32. The third-order valence-corrected chi connectivity index (χ3v) is 6.11. The molecule has 0 radical (unpaired) electrons. The number of aromatic nitrogens is 1. The molecule has 2 heterocycles. The molecule has 0 bridgehead atoms. The zero-order valence-electron chi connectivity index (χ0n) is 18.2. The molecule has 0 atom stereocenters. The molecule has 4 rings (SSSR count). The van der Waals surface area contributed by atoms with Gasteiger partial charge in [-0.25, -0.2) is 4.98 Å². The quantitative estimate of drug-likeness (QED) is 0.591. The number of anilines is 1. The smallest absolute Gasteiger partial charge is 0.264 e. The molecule has 1 saturated heterocycles. The van der Waals surface area contributed by atoms with Crippen molar-refractivity contribution < 1.29 is 19.1 Å². The van der Waals surface area contributed by atoms with Crippen LogP contribution >= 0.6 is 11.3 Å². The molecule has 0 aliphatic carbocycles. The van der Waals surface area contributed by atoms with Crippen LogP contribution in [0.15, 0.2) is 42.5 Å². The molecule has 2 aromatic carbocycles. The Morgan fingerprint density at radius 1 is 1.06 bits per heavy atom. The van der Waals surface area contributed by atoms with Gasteiger partial charge in [0, 0.05) is 31.7 Å². The summed E-state index contributed by atoms with van der Waals surface area (Å²) in [6.07, 6.45) is 0. The van der Waals surface area contributed by atoms with Crippen molar-refractivity contribution >= 4 is 38.5 Å². The van der Waals surface area contributed by atoms with E-state index in [2.05, 4.69) is 22.2 Å². The SMILES string of the molecule is CCOc1ccccc1OCC(=O)Nc1nc2ccc(C(=O)N3CCN(C)CC3)cc2s1. The molecule has 1 fully saturated rings. The molecule has 1 N–H and O–H groups in total. The molecule has 3 aromatic rings. The third kappa shape index (κ3) is 5.17. The number of benzene rings is 2. The number of para-hydroxylation sites is 2. The number of fused-ring (bicyclic) bond motifs is 1. The number of thiazole rings is 1. The predicted octanol–water partition coefficient (Wildman–Crippen LogP) is 3.10. The summed E-state index contributed by atoms with van der Waals surface area (Å²) in [5.74, 6) is 0.825. The van der Waals surface area contributed by atoms with Gasteiger partial charge in [0.1, 0.15) is 0 Å². The van der Waals surface area contributed by atoms with Gasteiger partial charge in [0.15, 0.2) is 23.2 Å². The highest BCUT2D eigenvalue weighted by molar-refractivity contribution is 7.22. The molecule has 0 unspecified atom stereocenters. The Hall–Kier alpha value is -3.17. The summed E-state index contributed by atoms with van der Waals surface area (Å²) in [4.78, 5) is 33.7. The monoisotopic (exact) mass is 454 g/mol. The van der Waals surface area contributed by atoms with E-state index >= 15 is 0 Å². The number of ether oxygens (including phenoxy) is 2. The largest absolute Gasteiger partial charge is 0.490 e. The number of nitrogens with zero attached hydrogens (tertiary/aromatic N) is 3. The topological polar surface area (TPSA) is 84.0 Å². The summed E-state index contributed by atoms with van der Waals surface area (Å²) in [6.45, 7) is 5.45. The van der Waals surface area contributed by atoms with Crippen molar-refractivity contribution in [1.29, 1.82) is 0 Å². The van der Waals surface area contributed by atoms with Crippen LogP contribution in [-0.2, 0) is 4.79 Å². The van der Waals surface area contributed by atoms with Crippen molar-refractivity contribution in [2.45, 2.75) is 6.92 Å². The number of hydrogen-bond donors (Lipinski definition) is 1. The van der Waals surface area contributed by atoms with Crippen LogP contribution < -0.4 is 14.8 Å². The van der Waals surface area contributed by atoms with E-state index in [4.69, 9.17) is 9.47 Å². The van der Waals surface area contributed by atoms with Crippen molar-refractivity contribution in [2.75, 3.05) is 51.8 Å². The van der Waals surface area contributed by atoms with E-state index in [-0.39, 0.29) is 18.4 Å². The fraction of sp³-hybridized carbons (Fsp3) is 0.348. The highest BCUT2D eigenvalue weighted by atomic mass is 32.1. The predicted molar refractivity (Wildman–Crippen MR) is 125 cm³/mol. The van der Waals surface area contributed by atoms with Gasteiger partial charge in [-0.05, 0) is 44.3 Å². The van der Waals surface area contributed by atoms with Gasteiger partial charge in [0.25, 0.3) is 11.8 Å². The summed E-state index contributed by atoms with van der Waals surface area (Å²) < 4.78 is 12.0. The Bertz CT molecular complexity index is 1110. The van der Waals surface area contributed by atoms with Crippen LogP contribution in [0.1, 0.15) is 17.3 Å². The number of nitrogens with one attached hydrogen (secondary N) is 1. The molecule has 1 aromatic heterocycles. The summed E-state index contributed by atoms with van der Waals surface area (Å²) in [5.41, 5.74) is 1.38. The second-order valence-corrected chi connectivity index (χ2v) is 8.54. The first kappa shape index (κ1) is 22.0. The number of carbonyl (C=O) groups is 2. The van der Waals surface area contributed by atoms with Crippen LogP contribution in [0.4, 0.5) is 5.13 Å². The van der Waals surface area contributed by atoms with Crippen LogP contribution in [0.25, 0.3) is 10.2 Å². The van der Waals surface area contributed by atoms with Gasteiger partial charge in [-0.15, -0.1) is 0 Å². The average Bonchev–Trinajstić information content (AvgIpc) is 3.20. The first-order valence-corrected chi connectivity index (χ1v) is 11.4. The lowest BCUT2D eigenvalue weighted by molar-refractivity contribution is -0.118. The Morgan fingerprint density at radius 3 is 2.50 bits per heavy atom. The minimum Gasteiger partial charge on any atom is -0.490 e. The Balaban J connectivity index is 1.38. The van der Waals surface area contributed by atoms with E-state index in [9.17, 15) is 9.59 Å². The van der Waals surface area contributed by atoms with Crippen molar-refractivity contribution in [3.63, 3.8) is 0 Å². The number of rotatable bonds is 7. The highest BCUT2D eigenvalue weighted by Crippen LogP contribution is 2.28. The van der Waals surface area contributed by atoms with Crippen LogP contribution in [0.3, 0.4) is 0 Å². The average molecular weight is 455 g/mol. The van der Waals surface area contributed by atoms with Crippen LogP contribution in [0.5, 0.6) is 11.5 Å². The van der Waals surface area contributed by atoms with E-state index in [0.717, 1.165) is 36.4 Å². The fourth-order valence-corrected chi connectivity index (χ4v) is 4.37. The highest BCUT2D eigenvalue weighted by Gasteiger charge is 2.21. The number of carbonyl (C=O) groups excluding carboxylic acids is 2. The normalized spacial score (nSPS) is 14.4. The Kier molecular flexibility index (Phi) is 6.87. The van der Waals surface area contributed by atoms with Crippen LogP contribution in [-0.4, -0.2) is 73.0 Å². The van der Waals surface area contributed by atoms with E-state index in [0.29, 0.717) is 28.8 Å². The number of amides is 2. The molecule has 0 spiro atoms. The van der Waals surface area contributed by atoms with Gasteiger partial charge in [-0.3, -0.25) is 14.9 Å². The number of likely N-dealkylation sites (N-methyl/N-ethyl adjacent to an activating group) is 1. The van der Waals surface area contributed by atoms with Crippen molar-refractivity contribution in [1.82, 2.24) is 14.8 Å². The van der Waals surface area contributed by atoms with E-state index in [1.54, 1.807) is 18.2 Å². The molecule has 1 aliphatic heterocycles. The molecule has 1 aliphatic rings. The minimum absolute atomic E-state index is 0.0281. The van der Waals surface area contributed by atoms with Crippen LogP contribution in [0, 0.1) is 0 Å². The van der Waals surface area contributed by atoms with Crippen molar-refractivity contribution in [3.8, 4) is 11.5 Å². The second-order valence-electron chi connectivity index (χ2n) is 7.51. The molecular formula is C23H26N4O4S.